The molecule has 0 amide bonds. The van der Waals surface area contributed by atoms with Crippen LogP contribution >= 0.6 is 0 Å². The maximum Gasteiger partial charge on any atom is 0.318 e. The first kappa shape index (κ1) is 117. The molecule has 0 fully saturated rings. The van der Waals surface area contributed by atoms with Crippen molar-refractivity contribution in [3.05, 3.63) is 0 Å². The van der Waals surface area contributed by atoms with E-state index in [9.17, 15) is 154 Å². The summed E-state index contributed by atoms with van der Waals surface area (Å²) in [5, 5.41) is 161. The van der Waals surface area contributed by atoms with Crippen molar-refractivity contribution in [3.8, 4) is 0 Å². The van der Waals surface area contributed by atoms with Crippen LogP contribution in [-0.2, 0) is 148 Å². The van der Waals surface area contributed by atoms with Crippen molar-refractivity contribution in [2.24, 2.45) is 81.2 Å². The largest absolute Gasteiger partial charge is 0.464 e. The Morgan fingerprint density at radius 2 is 0.246 bits per heavy atom. The van der Waals surface area contributed by atoms with E-state index in [1.807, 2.05) is 0 Å². The maximum absolute atomic E-state index is 14.9. The Kier molecular flexibility index (Phi) is 46.9. The average molecular weight is 1830 g/mol. The first-order chi connectivity index (χ1) is 58.2. The van der Waals surface area contributed by atoms with Crippen LogP contribution in [0, 0.1) is 81.2 Å². The molecule has 0 radical (unpaired) electrons. The third kappa shape index (κ3) is 31.4. The summed E-state index contributed by atoms with van der Waals surface area (Å²) < 4.78 is 86.1. The number of aliphatic hydroxyl groups excluding tert-OH is 16. The Balaban J connectivity index is 7.99. The van der Waals surface area contributed by atoms with E-state index in [1.165, 1.54) is 0 Å². The van der Waals surface area contributed by atoms with Gasteiger partial charge in [0.1, 0.15) is 180 Å². The summed E-state index contributed by atoms with van der Waals surface area (Å²) >= 11 is 0. The van der Waals surface area contributed by atoms with Crippen LogP contribution in [0.4, 0.5) is 0 Å². The highest BCUT2D eigenvalue weighted by Gasteiger charge is 2.53. The monoisotopic (exact) mass is 1830 g/mol. The van der Waals surface area contributed by atoms with Gasteiger partial charge in [0.15, 0.2) is 0 Å². The zero-order valence-electron chi connectivity index (χ0n) is 74.1. The molecule has 0 aromatic rings. The number of carbonyl (C=O) groups excluding carboxylic acids is 15. The summed E-state index contributed by atoms with van der Waals surface area (Å²) in [6.45, 7) is -17.1. The Bertz CT molecular complexity index is 3540. The van der Waals surface area contributed by atoms with Gasteiger partial charge in [-0.25, -0.2) is 0 Å². The van der Waals surface area contributed by atoms with E-state index < -0.39 is 376 Å². The van der Waals surface area contributed by atoms with Crippen LogP contribution in [0.25, 0.3) is 0 Å². The second-order valence-corrected chi connectivity index (χ2v) is 35.3. The molecule has 126 heavy (non-hydrogen) atoms. The van der Waals surface area contributed by atoms with Gasteiger partial charge in [0.25, 0.3) is 0 Å². The van der Waals surface area contributed by atoms with Crippen LogP contribution in [0.15, 0.2) is 0 Å². The van der Waals surface area contributed by atoms with Gasteiger partial charge in [0.2, 0.25) is 0 Å². The average Bonchev–Trinajstić information content (AvgIpc) is 0.811. The highest BCUT2D eigenvalue weighted by molar-refractivity contribution is 5.87. The maximum atomic E-state index is 14.9. The van der Waals surface area contributed by atoms with Crippen LogP contribution < -0.4 is 0 Å². The molecule has 0 aromatic carbocycles. The standard InChI is InChI=1S/C79H130O47/c1-17-111-18-19-112-60(106)75(12,40-122-58(104)73(10,34-94)38-116-62(108)78(15,46-121-55(101)70(7,30-90)31-91)47-123-59(105)74(11,35-95)39-115-61(107)76(13,42-117-51(97)66(3,22-82)23-83)43-118-52(98)67(4,24-84)25-85)41-125-64(110)79(16,48-124-57(103)72(9,33-93)37-114-56(102)71(8,32-92)36-113-50(96)65(2,20-80)21-81)49-126-63(109)77(14,44-119-53(99)68(5,26-86)27-87)45-120-54(100)69(6,28-88)29-89/h80-95H,17-49H2,1-16H3. The highest BCUT2D eigenvalue weighted by atomic mass is 16.6. The quantitative estimate of drug-likeness (QED) is 0.0153. The Morgan fingerprint density at radius 1 is 0.151 bits per heavy atom. The first-order valence-corrected chi connectivity index (χ1v) is 39.2. The molecule has 0 rings (SSSR count). The van der Waals surface area contributed by atoms with Crippen LogP contribution in [0.3, 0.4) is 0 Å². The van der Waals surface area contributed by atoms with Crippen molar-refractivity contribution in [2.75, 3.05) is 218 Å². The SMILES string of the molecule is CCOCCOC(=O)C(C)(COC(=O)C(C)(CO)COC(=O)C(C)(COC(=O)C(C)(CO)CO)COC(=O)C(C)(CO)COC(=O)C(C)(COC(=O)C(C)(CO)CO)COC(=O)C(C)(CO)CO)COC(=O)C(C)(COC(=O)C(C)(CO)COC(=O)C(C)(CO)COC(=O)C(C)(CO)CO)COC(=O)C(C)(COC(=O)C(C)(CO)CO)COC(=O)C(C)(CO)CO. The lowest BCUT2D eigenvalue weighted by Gasteiger charge is -2.34. The summed E-state index contributed by atoms with van der Waals surface area (Å²) in [6, 6.07) is 0. The van der Waals surface area contributed by atoms with E-state index in [-0.39, 0.29) is 13.2 Å². The van der Waals surface area contributed by atoms with E-state index >= 15 is 0 Å². The zero-order valence-corrected chi connectivity index (χ0v) is 74.1. The molecule has 0 spiro atoms. The van der Waals surface area contributed by atoms with Crippen LogP contribution in [0.2, 0.25) is 0 Å². The normalized spacial score (nSPS) is 15.7. The smallest absolute Gasteiger partial charge is 0.318 e. The molecule has 0 heterocycles. The molecule has 0 aliphatic carbocycles. The predicted molar refractivity (Wildman–Crippen MR) is 416 cm³/mol. The number of esters is 15. The van der Waals surface area contributed by atoms with Gasteiger partial charge in [0.05, 0.1) is 112 Å². The molecular weight excluding hydrogens is 1700 g/mol. The van der Waals surface area contributed by atoms with Gasteiger partial charge in [-0.15, -0.1) is 0 Å². The van der Waals surface area contributed by atoms with Crippen molar-refractivity contribution in [2.45, 2.75) is 111 Å². The third-order valence-electron chi connectivity index (χ3n) is 20.9. The Hall–Kier alpha value is -8.63. The van der Waals surface area contributed by atoms with Gasteiger partial charge in [-0.05, 0) is 111 Å². The number of aliphatic hydroxyl groups is 16. The Morgan fingerprint density at radius 3 is 0.357 bits per heavy atom. The lowest BCUT2D eigenvalue weighted by atomic mass is 9.89. The van der Waals surface area contributed by atoms with Crippen LogP contribution in [-0.4, -0.2) is 389 Å². The summed E-state index contributed by atoms with van der Waals surface area (Å²) in [5.41, 5.74) is -33.4. The molecule has 47 nitrogen and oxygen atoms in total. The van der Waals surface area contributed by atoms with Gasteiger partial charge in [0, 0.05) is 6.61 Å². The number of hydrogen-bond acceptors (Lipinski definition) is 47. The number of ether oxygens (including phenoxy) is 16. The molecule has 0 aliphatic heterocycles. The molecule has 0 aromatic heterocycles. The number of rotatable bonds is 63. The van der Waals surface area contributed by atoms with Crippen molar-refractivity contribution < 1.29 is 229 Å². The van der Waals surface area contributed by atoms with Crippen molar-refractivity contribution in [1.29, 1.82) is 0 Å². The van der Waals surface area contributed by atoms with Gasteiger partial charge in [-0.1, -0.05) is 0 Å². The second kappa shape index (κ2) is 50.4. The molecule has 0 bridgehead atoms. The van der Waals surface area contributed by atoms with Crippen molar-refractivity contribution >= 4 is 89.5 Å². The molecular formula is C79H130O47. The minimum atomic E-state index is -2.63. The van der Waals surface area contributed by atoms with E-state index in [0.717, 1.165) is 104 Å². The minimum Gasteiger partial charge on any atom is -0.464 e. The number of hydrogen-bond donors (Lipinski definition) is 16. The third-order valence-corrected chi connectivity index (χ3v) is 20.9. The van der Waals surface area contributed by atoms with E-state index in [1.54, 1.807) is 6.92 Å². The molecule has 7 atom stereocenters. The molecule has 7 unspecified atom stereocenters. The summed E-state index contributed by atoms with van der Waals surface area (Å²) in [6.07, 6.45) is 0. The summed E-state index contributed by atoms with van der Waals surface area (Å²) in [4.78, 5) is 207. The highest BCUT2D eigenvalue weighted by Crippen LogP contribution is 2.36. The fourth-order valence-corrected chi connectivity index (χ4v) is 8.65. The second-order valence-electron chi connectivity index (χ2n) is 35.3. The fourth-order valence-electron chi connectivity index (χ4n) is 8.65. The lowest BCUT2D eigenvalue weighted by Crippen LogP contribution is -2.49. The Labute approximate surface area is 726 Å². The lowest BCUT2D eigenvalue weighted by molar-refractivity contribution is -0.189. The fraction of sp³-hybridized carbons (Fsp3) is 0.810. The summed E-state index contributed by atoms with van der Waals surface area (Å²) in [7, 11) is 0. The van der Waals surface area contributed by atoms with Gasteiger partial charge < -0.3 is 157 Å². The molecule has 0 saturated carbocycles. The van der Waals surface area contributed by atoms with Crippen LogP contribution in [0.1, 0.15) is 111 Å². The molecule has 0 aliphatic rings. The first-order valence-electron chi connectivity index (χ1n) is 39.2. The van der Waals surface area contributed by atoms with E-state index in [4.69, 9.17) is 75.8 Å². The topological polar surface area (TPSA) is 727 Å². The van der Waals surface area contributed by atoms with Crippen molar-refractivity contribution in [1.82, 2.24) is 0 Å². The molecule has 16 N–H and O–H groups in total. The predicted octanol–water partition coefficient (Wildman–Crippen LogP) is -6.86. The van der Waals surface area contributed by atoms with Gasteiger partial charge in [-0.2, -0.15) is 0 Å². The van der Waals surface area contributed by atoms with Crippen molar-refractivity contribution in [3.63, 3.8) is 0 Å². The zero-order chi connectivity index (χ0) is 97.8. The van der Waals surface area contributed by atoms with E-state index in [2.05, 4.69) is 0 Å². The molecule has 728 valence electrons. The summed E-state index contributed by atoms with van der Waals surface area (Å²) in [5.74, 6) is -21.2. The van der Waals surface area contributed by atoms with Crippen LogP contribution in [0.5, 0.6) is 0 Å². The van der Waals surface area contributed by atoms with Gasteiger partial charge >= 0.3 is 89.5 Å². The number of carbonyl (C=O) groups is 15. The van der Waals surface area contributed by atoms with Gasteiger partial charge in [-0.3, -0.25) is 71.9 Å². The minimum absolute atomic E-state index is 0.0854. The van der Waals surface area contributed by atoms with E-state index in [0.29, 0.717) is 0 Å². The molecule has 47 heteroatoms. The molecule has 0 saturated heterocycles.